The van der Waals surface area contributed by atoms with E-state index >= 15 is 0 Å². The van der Waals surface area contributed by atoms with Crippen molar-refractivity contribution in [3.8, 4) is 0 Å². The molecule has 1 aliphatic heterocycles. The van der Waals surface area contributed by atoms with Crippen molar-refractivity contribution in [1.82, 2.24) is 4.98 Å². The summed E-state index contributed by atoms with van der Waals surface area (Å²) < 4.78 is 5.45. The monoisotopic (exact) mass is 257 g/mol. The lowest BCUT2D eigenvalue weighted by molar-refractivity contribution is 0.183. The van der Waals surface area contributed by atoms with Crippen LogP contribution in [0, 0.1) is 5.92 Å². The normalized spacial score (nSPS) is 20.6. The summed E-state index contributed by atoms with van der Waals surface area (Å²) in [7, 11) is 0. The van der Waals surface area contributed by atoms with Crippen molar-refractivity contribution in [3.05, 3.63) is 30.5 Å². The molecule has 1 saturated heterocycles. The van der Waals surface area contributed by atoms with Crippen molar-refractivity contribution < 1.29 is 4.74 Å². The maximum atomic E-state index is 5.97. The molecule has 2 atom stereocenters. The van der Waals surface area contributed by atoms with Gasteiger partial charge in [0.05, 0.1) is 17.8 Å². The van der Waals surface area contributed by atoms with E-state index in [1.54, 1.807) is 6.20 Å². The van der Waals surface area contributed by atoms with Gasteiger partial charge in [0.1, 0.15) is 0 Å². The average Bonchev–Trinajstić information content (AvgIpc) is 2.96. The maximum Gasteiger partial charge on any atom is 0.0951 e. The largest absolute Gasteiger partial charge is 0.397 e. The first kappa shape index (κ1) is 12.2. The lowest BCUT2D eigenvalue weighted by Gasteiger charge is -2.21. The molecule has 4 heteroatoms. The first-order chi connectivity index (χ1) is 9.25. The quantitative estimate of drug-likeness (QED) is 0.830. The van der Waals surface area contributed by atoms with Crippen LogP contribution in [-0.4, -0.2) is 24.2 Å². The number of hydrogen-bond donors (Lipinski definition) is 2. The molecule has 4 nitrogen and oxygen atoms in total. The van der Waals surface area contributed by atoms with E-state index in [0.717, 1.165) is 41.9 Å². The van der Waals surface area contributed by atoms with Crippen LogP contribution in [0.1, 0.15) is 13.3 Å². The Morgan fingerprint density at radius 3 is 3.11 bits per heavy atom. The summed E-state index contributed by atoms with van der Waals surface area (Å²) in [5, 5.41) is 4.66. The zero-order chi connectivity index (χ0) is 13.2. The smallest absolute Gasteiger partial charge is 0.0951 e. The van der Waals surface area contributed by atoms with E-state index in [9.17, 15) is 0 Å². The van der Waals surface area contributed by atoms with Crippen molar-refractivity contribution in [2.75, 3.05) is 24.3 Å². The van der Waals surface area contributed by atoms with Crippen molar-refractivity contribution in [2.24, 2.45) is 5.92 Å². The third-order valence-corrected chi connectivity index (χ3v) is 3.86. The van der Waals surface area contributed by atoms with Crippen LogP contribution in [0.15, 0.2) is 30.5 Å². The summed E-state index contributed by atoms with van der Waals surface area (Å²) in [4.78, 5) is 4.36. The highest BCUT2D eigenvalue weighted by Crippen LogP contribution is 2.28. The van der Waals surface area contributed by atoms with E-state index in [2.05, 4.69) is 23.3 Å². The molecule has 1 aliphatic rings. The third kappa shape index (κ3) is 2.36. The third-order valence-electron chi connectivity index (χ3n) is 3.86. The van der Waals surface area contributed by atoms with Crippen molar-refractivity contribution >= 4 is 22.3 Å². The van der Waals surface area contributed by atoms with Gasteiger partial charge in [0.25, 0.3) is 0 Å². The minimum absolute atomic E-state index is 0.384. The van der Waals surface area contributed by atoms with Crippen LogP contribution in [0.25, 0.3) is 10.9 Å². The molecule has 0 amide bonds. The van der Waals surface area contributed by atoms with Gasteiger partial charge in [-0.25, -0.2) is 0 Å². The highest BCUT2D eigenvalue weighted by Gasteiger charge is 2.22. The second-order valence-electron chi connectivity index (χ2n) is 5.16. The summed E-state index contributed by atoms with van der Waals surface area (Å²) >= 11 is 0. The number of nitrogen functional groups attached to an aromatic ring is 1. The molecular weight excluding hydrogens is 238 g/mol. The van der Waals surface area contributed by atoms with E-state index in [1.165, 1.54) is 0 Å². The Labute approximate surface area is 113 Å². The molecular formula is C15H19N3O. The fourth-order valence-corrected chi connectivity index (χ4v) is 2.63. The first-order valence-electron chi connectivity index (χ1n) is 6.73. The molecule has 1 fully saturated rings. The molecule has 0 saturated carbocycles. The molecule has 2 unspecified atom stereocenters. The summed E-state index contributed by atoms with van der Waals surface area (Å²) in [6, 6.07) is 8.32. The van der Waals surface area contributed by atoms with Gasteiger partial charge >= 0.3 is 0 Å². The summed E-state index contributed by atoms with van der Waals surface area (Å²) in [5.41, 5.74) is 8.65. The lowest BCUT2D eigenvalue weighted by atomic mass is 10.00. The van der Waals surface area contributed by atoms with Crippen molar-refractivity contribution in [3.63, 3.8) is 0 Å². The Balaban J connectivity index is 1.90. The van der Waals surface area contributed by atoms with Crippen LogP contribution in [0.4, 0.5) is 11.4 Å². The molecule has 0 spiro atoms. The number of benzene rings is 1. The highest BCUT2D eigenvalue weighted by molar-refractivity contribution is 5.98. The number of nitrogens with zero attached hydrogens (tertiary/aromatic N) is 1. The average molecular weight is 257 g/mol. The summed E-state index contributed by atoms with van der Waals surface area (Å²) in [5.74, 6) is 0.573. The van der Waals surface area contributed by atoms with E-state index in [1.807, 2.05) is 18.2 Å². The number of nitrogens with one attached hydrogen (secondary N) is 1. The molecule has 100 valence electrons. The Hall–Kier alpha value is -1.81. The van der Waals surface area contributed by atoms with Crippen LogP contribution in [0.2, 0.25) is 0 Å². The van der Waals surface area contributed by atoms with Gasteiger partial charge in [0.15, 0.2) is 0 Å². The Kier molecular flexibility index (Phi) is 3.25. The topological polar surface area (TPSA) is 60.2 Å². The molecule has 1 aromatic heterocycles. The molecule has 0 bridgehead atoms. The van der Waals surface area contributed by atoms with Crippen LogP contribution < -0.4 is 11.1 Å². The number of fused-ring (bicyclic) bond motifs is 1. The van der Waals surface area contributed by atoms with Gasteiger partial charge < -0.3 is 15.8 Å². The Morgan fingerprint density at radius 2 is 2.32 bits per heavy atom. The fourth-order valence-electron chi connectivity index (χ4n) is 2.63. The minimum atomic E-state index is 0.384. The molecule has 1 aromatic carbocycles. The summed E-state index contributed by atoms with van der Waals surface area (Å²) in [6.45, 7) is 3.93. The summed E-state index contributed by atoms with van der Waals surface area (Å²) in [6.07, 6.45) is 2.90. The van der Waals surface area contributed by atoms with Gasteiger partial charge in [0.2, 0.25) is 0 Å². The van der Waals surface area contributed by atoms with E-state index < -0.39 is 0 Å². The second kappa shape index (κ2) is 5.05. The predicted octanol–water partition coefficient (Wildman–Crippen LogP) is 2.65. The van der Waals surface area contributed by atoms with Crippen LogP contribution in [0.5, 0.6) is 0 Å². The van der Waals surface area contributed by atoms with E-state index in [4.69, 9.17) is 10.5 Å². The maximum absolute atomic E-state index is 5.97. The zero-order valence-electron chi connectivity index (χ0n) is 11.1. The number of pyridine rings is 1. The lowest BCUT2D eigenvalue weighted by Crippen LogP contribution is -2.26. The Morgan fingerprint density at radius 1 is 1.42 bits per heavy atom. The van der Waals surface area contributed by atoms with Gasteiger partial charge in [-0.15, -0.1) is 0 Å². The number of nitrogens with two attached hydrogens (primary N) is 1. The Bertz CT molecular complexity index is 579. The van der Waals surface area contributed by atoms with Crippen LogP contribution in [0.3, 0.4) is 0 Å². The van der Waals surface area contributed by atoms with Crippen LogP contribution in [-0.2, 0) is 4.74 Å². The number of ether oxygens (including phenoxy) is 1. The van der Waals surface area contributed by atoms with E-state index in [0.29, 0.717) is 12.0 Å². The van der Waals surface area contributed by atoms with Crippen LogP contribution >= 0.6 is 0 Å². The predicted molar refractivity (Wildman–Crippen MR) is 78.2 cm³/mol. The number of anilines is 2. The number of aromatic nitrogens is 1. The molecule has 0 aliphatic carbocycles. The molecule has 2 heterocycles. The highest BCUT2D eigenvalue weighted by atomic mass is 16.5. The van der Waals surface area contributed by atoms with Crippen molar-refractivity contribution in [2.45, 2.75) is 19.4 Å². The zero-order valence-corrected chi connectivity index (χ0v) is 11.1. The number of rotatable bonds is 3. The van der Waals surface area contributed by atoms with E-state index in [-0.39, 0.29) is 0 Å². The SMILES string of the molecule is CC(Nc1ccc(N)c2ncccc12)C1CCOC1. The van der Waals surface area contributed by atoms with Gasteiger partial charge in [-0.3, -0.25) is 4.98 Å². The standard InChI is InChI=1S/C15H19N3O/c1-10(11-6-8-19-9-11)18-14-5-4-13(16)15-12(14)3-2-7-17-15/h2-5,7,10-11,18H,6,8-9,16H2,1H3. The molecule has 2 aromatic rings. The molecule has 19 heavy (non-hydrogen) atoms. The minimum Gasteiger partial charge on any atom is -0.397 e. The number of hydrogen-bond acceptors (Lipinski definition) is 4. The molecule has 3 N–H and O–H groups in total. The first-order valence-corrected chi connectivity index (χ1v) is 6.73. The fraction of sp³-hybridized carbons (Fsp3) is 0.400. The van der Waals surface area contributed by atoms with Gasteiger partial charge in [0, 0.05) is 35.8 Å². The van der Waals surface area contributed by atoms with Gasteiger partial charge in [-0.2, -0.15) is 0 Å². The van der Waals surface area contributed by atoms with Gasteiger partial charge in [-0.1, -0.05) is 0 Å². The molecule has 0 radical (unpaired) electrons. The van der Waals surface area contributed by atoms with Gasteiger partial charge in [-0.05, 0) is 37.6 Å². The molecule has 3 rings (SSSR count). The second-order valence-corrected chi connectivity index (χ2v) is 5.16. The van der Waals surface area contributed by atoms with Crippen molar-refractivity contribution in [1.29, 1.82) is 0 Å².